The summed E-state index contributed by atoms with van der Waals surface area (Å²) in [6.45, 7) is 0.174. The third kappa shape index (κ3) is 6.28. The first kappa shape index (κ1) is 24.2. The molecule has 1 aromatic heterocycles. The number of carboxylic acids is 1. The van der Waals surface area contributed by atoms with Crippen molar-refractivity contribution >= 4 is 40.8 Å². The van der Waals surface area contributed by atoms with Gasteiger partial charge >= 0.3 is 18.2 Å². The van der Waals surface area contributed by atoms with Crippen LogP contribution in [0.15, 0.2) is 34.1 Å². The van der Waals surface area contributed by atoms with Gasteiger partial charge in [0.1, 0.15) is 5.75 Å². The molecule has 0 spiro atoms. The number of thiazole rings is 1. The Labute approximate surface area is 191 Å². The number of ether oxygens (including phenoxy) is 1. The number of nitrogens with zero attached hydrogens (tertiary/aromatic N) is 2. The second-order valence-electron chi connectivity index (χ2n) is 7.28. The number of halogens is 3. The summed E-state index contributed by atoms with van der Waals surface area (Å²) in [5.41, 5.74) is 0.572. The summed E-state index contributed by atoms with van der Waals surface area (Å²) in [6, 6.07) is 2.29. The van der Waals surface area contributed by atoms with Crippen molar-refractivity contribution in [2.45, 2.75) is 41.4 Å². The highest BCUT2D eigenvalue weighted by Gasteiger charge is 2.34. The summed E-state index contributed by atoms with van der Waals surface area (Å²) in [7, 11) is 1.24. The molecule has 2 N–H and O–H groups in total. The van der Waals surface area contributed by atoms with Crippen LogP contribution in [0.2, 0.25) is 0 Å². The van der Waals surface area contributed by atoms with E-state index in [2.05, 4.69) is 10.3 Å². The number of amides is 2. The van der Waals surface area contributed by atoms with Crippen molar-refractivity contribution in [1.29, 1.82) is 0 Å². The minimum absolute atomic E-state index is 0.00648. The molecule has 1 unspecified atom stereocenters. The number of carbonyl (C=O) groups excluding carboxylic acids is 1. The van der Waals surface area contributed by atoms with Crippen LogP contribution in [0.25, 0.3) is 0 Å². The highest BCUT2D eigenvalue weighted by molar-refractivity contribution is 8.02. The average molecular weight is 490 g/mol. The zero-order valence-electron chi connectivity index (χ0n) is 17.1. The van der Waals surface area contributed by atoms with E-state index in [4.69, 9.17) is 4.74 Å². The number of aliphatic carboxylic acids is 1. The molecule has 1 aliphatic carbocycles. The van der Waals surface area contributed by atoms with Gasteiger partial charge in [0.15, 0.2) is 5.37 Å². The number of benzene rings is 1. The van der Waals surface area contributed by atoms with E-state index in [1.54, 1.807) is 0 Å². The zero-order valence-corrected chi connectivity index (χ0v) is 18.7. The van der Waals surface area contributed by atoms with Crippen LogP contribution in [-0.2, 0) is 11.0 Å². The van der Waals surface area contributed by atoms with E-state index in [0.29, 0.717) is 4.21 Å². The molecule has 0 saturated heterocycles. The summed E-state index contributed by atoms with van der Waals surface area (Å²) < 4.78 is 45.9. The Bertz CT molecular complexity index is 935. The molecule has 1 saturated carbocycles. The molecule has 174 valence electrons. The fraction of sp³-hybridized carbons (Fsp3) is 0.450. The minimum Gasteiger partial charge on any atom is -0.497 e. The number of carboxylic acid groups (broad SMARTS) is 1. The zero-order chi connectivity index (χ0) is 23.3. The third-order valence-electron chi connectivity index (χ3n) is 5.05. The fourth-order valence-electron chi connectivity index (χ4n) is 3.49. The van der Waals surface area contributed by atoms with Gasteiger partial charge in [0.2, 0.25) is 0 Å². The summed E-state index contributed by atoms with van der Waals surface area (Å²) >= 11 is 2.11. The molecule has 2 amide bonds. The van der Waals surface area contributed by atoms with E-state index in [-0.39, 0.29) is 23.9 Å². The molecule has 1 heterocycles. The second kappa shape index (κ2) is 10.4. The van der Waals surface area contributed by atoms with E-state index in [0.717, 1.165) is 49.6 Å². The molecule has 0 radical (unpaired) electrons. The molecule has 1 fully saturated rings. The highest BCUT2D eigenvalue weighted by Crippen LogP contribution is 2.36. The largest absolute Gasteiger partial charge is 0.497 e. The lowest BCUT2D eigenvalue weighted by atomic mass is 10.1. The summed E-state index contributed by atoms with van der Waals surface area (Å²) in [6.07, 6.45) is 0.488. The molecule has 1 aliphatic rings. The van der Waals surface area contributed by atoms with Crippen molar-refractivity contribution in [3.05, 3.63) is 35.5 Å². The number of thioether (sulfide) groups is 1. The number of hydrogen-bond acceptors (Lipinski definition) is 6. The van der Waals surface area contributed by atoms with Crippen LogP contribution < -0.4 is 15.0 Å². The molecule has 1 atom stereocenters. The summed E-state index contributed by atoms with van der Waals surface area (Å²) in [5, 5.41) is 10.7. The van der Waals surface area contributed by atoms with Crippen molar-refractivity contribution in [2.75, 3.05) is 18.6 Å². The van der Waals surface area contributed by atoms with E-state index < -0.39 is 29.1 Å². The summed E-state index contributed by atoms with van der Waals surface area (Å²) in [4.78, 5) is 29.9. The van der Waals surface area contributed by atoms with Crippen LogP contribution in [0, 0.1) is 5.92 Å². The van der Waals surface area contributed by atoms with Crippen molar-refractivity contribution in [3.63, 3.8) is 0 Å². The average Bonchev–Trinajstić information content (AvgIpc) is 3.44. The Balaban J connectivity index is 1.91. The topological polar surface area (TPSA) is 91.8 Å². The predicted octanol–water partition coefficient (Wildman–Crippen LogP) is 5.08. The first-order chi connectivity index (χ1) is 15.2. The Kier molecular flexibility index (Phi) is 7.88. The number of carbonyl (C=O) groups is 2. The molecule has 2 aromatic rings. The normalized spacial score (nSPS) is 15.4. The van der Waals surface area contributed by atoms with Gasteiger partial charge in [0, 0.05) is 18.3 Å². The van der Waals surface area contributed by atoms with Crippen LogP contribution in [0.3, 0.4) is 0 Å². The van der Waals surface area contributed by atoms with Gasteiger partial charge in [-0.1, -0.05) is 24.6 Å². The van der Waals surface area contributed by atoms with Crippen molar-refractivity contribution in [1.82, 2.24) is 10.3 Å². The number of urea groups is 1. The van der Waals surface area contributed by atoms with Crippen molar-refractivity contribution in [3.8, 4) is 5.75 Å². The lowest BCUT2D eigenvalue weighted by molar-refractivity contribution is -0.138. The van der Waals surface area contributed by atoms with Gasteiger partial charge < -0.3 is 15.2 Å². The maximum absolute atomic E-state index is 13.4. The van der Waals surface area contributed by atoms with Gasteiger partial charge in [0.05, 0.1) is 28.6 Å². The smallest absolute Gasteiger partial charge is 0.416 e. The van der Waals surface area contributed by atoms with Gasteiger partial charge in [-0.05, 0) is 30.9 Å². The molecule has 0 bridgehead atoms. The van der Waals surface area contributed by atoms with Gasteiger partial charge in [0.25, 0.3) is 0 Å². The number of aromatic nitrogens is 1. The van der Waals surface area contributed by atoms with Gasteiger partial charge in [-0.2, -0.15) is 13.2 Å². The van der Waals surface area contributed by atoms with Gasteiger partial charge in [-0.15, -0.1) is 11.3 Å². The second-order valence-corrected chi connectivity index (χ2v) is 9.58. The van der Waals surface area contributed by atoms with Crippen LogP contribution in [0.1, 0.15) is 31.2 Å². The monoisotopic (exact) mass is 489 g/mol. The standard InChI is InChI=1S/C20H22F3N3O4S2/c1-30-15-7-13(20(21,22)23)6-14(8-15)26(10-12-4-2-3-5-12)19(29)25-17(18(27)28)32-16-9-24-11-31-16/h6-9,11-12,17H,2-5,10H2,1H3,(H,25,29)(H,27,28). The van der Waals surface area contributed by atoms with Gasteiger partial charge in [-0.25, -0.2) is 9.59 Å². The molecule has 1 aromatic carbocycles. The van der Waals surface area contributed by atoms with E-state index >= 15 is 0 Å². The van der Waals surface area contributed by atoms with E-state index in [1.165, 1.54) is 41.1 Å². The molecular weight excluding hydrogens is 467 g/mol. The number of rotatable bonds is 8. The Morgan fingerprint density at radius 2 is 2.06 bits per heavy atom. The first-order valence-corrected chi connectivity index (χ1v) is 11.6. The van der Waals surface area contributed by atoms with Crippen LogP contribution in [-0.4, -0.2) is 41.1 Å². The predicted molar refractivity (Wildman–Crippen MR) is 115 cm³/mol. The maximum atomic E-state index is 13.4. The maximum Gasteiger partial charge on any atom is 0.416 e. The fourth-order valence-corrected chi connectivity index (χ4v) is 5.09. The minimum atomic E-state index is -4.63. The lowest BCUT2D eigenvalue weighted by Crippen LogP contribution is -2.48. The number of alkyl halides is 3. The first-order valence-electron chi connectivity index (χ1n) is 9.79. The van der Waals surface area contributed by atoms with Crippen LogP contribution in [0.4, 0.5) is 23.7 Å². The van der Waals surface area contributed by atoms with Crippen LogP contribution in [0.5, 0.6) is 5.75 Å². The van der Waals surface area contributed by atoms with Crippen molar-refractivity contribution in [2.24, 2.45) is 5.92 Å². The Morgan fingerprint density at radius 1 is 1.34 bits per heavy atom. The SMILES string of the molecule is COc1cc(N(CC2CCCC2)C(=O)NC(Sc2cncs2)C(=O)O)cc(C(F)(F)F)c1. The van der Waals surface area contributed by atoms with Crippen molar-refractivity contribution < 1.29 is 32.6 Å². The van der Waals surface area contributed by atoms with E-state index in [9.17, 15) is 27.9 Å². The number of hydrogen-bond donors (Lipinski definition) is 2. The molecule has 12 heteroatoms. The Morgan fingerprint density at radius 3 is 2.62 bits per heavy atom. The quantitative estimate of drug-likeness (QED) is 0.397. The van der Waals surface area contributed by atoms with Crippen LogP contribution >= 0.6 is 23.1 Å². The molecule has 0 aliphatic heterocycles. The summed E-state index contributed by atoms with van der Waals surface area (Å²) in [5.74, 6) is -1.22. The number of anilines is 1. The third-order valence-corrected chi connectivity index (χ3v) is 7.08. The molecule has 32 heavy (non-hydrogen) atoms. The molecular formula is C20H22F3N3O4S2. The molecule has 3 rings (SSSR count). The Hall–Kier alpha value is -2.47. The number of nitrogens with one attached hydrogen (secondary N) is 1. The molecule has 7 nitrogen and oxygen atoms in total. The number of methoxy groups -OCH3 is 1. The van der Waals surface area contributed by atoms with E-state index in [1.807, 2.05) is 0 Å². The highest BCUT2D eigenvalue weighted by atomic mass is 32.2. The van der Waals surface area contributed by atoms with Gasteiger partial charge in [-0.3, -0.25) is 9.88 Å². The lowest BCUT2D eigenvalue weighted by Gasteiger charge is -2.28.